The first-order chi connectivity index (χ1) is 9.10. The van der Waals surface area contributed by atoms with Crippen LogP contribution in [0.25, 0.3) is 0 Å². The van der Waals surface area contributed by atoms with E-state index in [2.05, 4.69) is 10.1 Å². The third-order valence-corrected chi connectivity index (χ3v) is 3.45. The minimum absolute atomic E-state index is 0.0408. The largest absolute Gasteiger partial charge is 0.375 e. The topological polar surface area (TPSA) is 77.6 Å². The number of hydrogen-bond acceptors (Lipinski definition) is 6. The van der Waals surface area contributed by atoms with Gasteiger partial charge in [-0.15, -0.1) is 11.3 Å². The zero-order chi connectivity index (χ0) is 13.8. The highest BCUT2D eigenvalue weighted by Gasteiger charge is 2.08. The summed E-state index contributed by atoms with van der Waals surface area (Å²) >= 11 is 12.8. The monoisotopic (exact) mass is 315 g/mol. The van der Waals surface area contributed by atoms with Crippen molar-refractivity contribution in [3.8, 4) is 5.75 Å². The van der Waals surface area contributed by atoms with Gasteiger partial charge in [0.15, 0.2) is 22.9 Å². The number of benzene rings is 1. The van der Waals surface area contributed by atoms with Crippen LogP contribution in [0.2, 0.25) is 10.0 Å². The van der Waals surface area contributed by atoms with Gasteiger partial charge in [0.05, 0.1) is 10.0 Å². The summed E-state index contributed by atoms with van der Waals surface area (Å²) in [5, 5.41) is 6.40. The molecule has 0 aliphatic heterocycles. The fraction of sp³-hybridized carbons (Fsp3) is 0. The Hall–Kier alpha value is -1.63. The van der Waals surface area contributed by atoms with E-state index in [0.717, 1.165) is 0 Å². The van der Waals surface area contributed by atoms with E-state index in [1.807, 2.05) is 0 Å². The lowest BCUT2D eigenvalue weighted by Gasteiger charge is -2.01. The number of carbonyl (C=O) groups excluding carboxylic acids is 1. The Bertz CT molecular complexity index is 643. The summed E-state index contributed by atoms with van der Waals surface area (Å²) in [6.07, 6.45) is 0.534. The Balaban J connectivity index is 2.20. The summed E-state index contributed by atoms with van der Waals surface area (Å²) in [6.45, 7) is 0. The summed E-state index contributed by atoms with van der Waals surface area (Å²) in [7, 11) is 0. The number of halogens is 2. The molecule has 98 valence electrons. The first-order valence-corrected chi connectivity index (χ1v) is 6.60. The molecule has 0 fully saturated rings. The molecule has 1 aromatic carbocycles. The van der Waals surface area contributed by atoms with E-state index in [1.54, 1.807) is 17.5 Å². The van der Waals surface area contributed by atoms with E-state index < -0.39 is 0 Å². The van der Waals surface area contributed by atoms with Crippen molar-refractivity contribution in [3.05, 3.63) is 39.3 Å². The molecule has 0 saturated heterocycles. The van der Waals surface area contributed by atoms with Crippen molar-refractivity contribution in [2.24, 2.45) is 5.16 Å². The molecule has 0 aliphatic rings. The molecule has 0 atom stereocenters. The van der Waals surface area contributed by atoms with Gasteiger partial charge >= 0.3 is 0 Å². The van der Waals surface area contributed by atoms with Gasteiger partial charge in [0, 0.05) is 11.4 Å². The quantitative estimate of drug-likeness (QED) is 0.534. The lowest BCUT2D eigenvalue weighted by Crippen LogP contribution is -2.05. The fourth-order valence-electron chi connectivity index (χ4n) is 1.17. The standard InChI is InChI=1S/C11H7Cl2N3O2S/c12-7-2-1-6(3-8(7)13)18-16-9(4-17)10-5-19-11(14)15-10/h1-5H,(H2,14,15)/b16-9-. The van der Waals surface area contributed by atoms with Crippen LogP contribution in [0.4, 0.5) is 5.13 Å². The molecule has 1 heterocycles. The van der Waals surface area contributed by atoms with Crippen LogP contribution in [0.15, 0.2) is 28.7 Å². The van der Waals surface area contributed by atoms with Gasteiger partial charge in [-0.2, -0.15) is 0 Å². The highest BCUT2D eigenvalue weighted by molar-refractivity contribution is 7.13. The first kappa shape index (κ1) is 13.8. The van der Waals surface area contributed by atoms with Crippen LogP contribution < -0.4 is 10.6 Å². The molecule has 0 spiro atoms. The number of carbonyl (C=O) groups is 1. The average Bonchev–Trinajstić information content (AvgIpc) is 2.81. The molecule has 0 radical (unpaired) electrons. The molecule has 0 bridgehead atoms. The second kappa shape index (κ2) is 6.01. The van der Waals surface area contributed by atoms with Crippen molar-refractivity contribution in [1.29, 1.82) is 0 Å². The number of aromatic nitrogens is 1. The summed E-state index contributed by atoms with van der Waals surface area (Å²) in [6, 6.07) is 4.64. The van der Waals surface area contributed by atoms with Gasteiger partial charge in [0.1, 0.15) is 5.69 Å². The molecule has 19 heavy (non-hydrogen) atoms. The third-order valence-electron chi connectivity index (χ3n) is 2.04. The summed E-state index contributed by atoms with van der Waals surface area (Å²) in [5.41, 5.74) is 5.88. The lowest BCUT2D eigenvalue weighted by atomic mass is 10.3. The van der Waals surface area contributed by atoms with Crippen LogP contribution in [0.3, 0.4) is 0 Å². The van der Waals surface area contributed by atoms with Gasteiger partial charge in [0.25, 0.3) is 0 Å². The van der Waals surface area contributed by atoms with Gasteiger partial charge < -0.3 is 10.6 Å². The number of nitrogens with two attached hydrogens (primary N) is 1. The lowest BCUT2D eigenvalue weighted by molar-refractivity contribution is -0.102. The van der Waals surface area contributed by atoms with Crippen LogP contribution >= 0.6 is 34.5 Å². The van der Waals surface area contributed by atoms with Crippen LogP contribution in [-0.4, -0.2) is 17.0 Å². The number of anilines is 1. The normalized spacial score (nSPS) is 11.4. The predicted molar refractivity (Wildman–Crippen MR) is 76.2 cm³/mol. The Labute approximate surface area is 122 Å². The van der Waals surface area contributed by atoms with Crippen molar-refractivity contribution in [2.75, 3.05) is 5.73 Å². The number of hydrogen-bond donors (Lipinski definition) is 1. The van der Waals surface area contributed by atoms with Crippen LogP contribution in [0.5, 0.6) is 5.75 Å². The minimum Gasteiger partial charge on any atom is -0.375 e. The highest BCUT2D eigenvalue weighted by Crippen LogP contribution is 2.26. The summed E-state index contributed by atoms with van der Waals surface area (Å²) < 4.78 is 0. The number of rotatable bonds is 4. The molecule has 0 unspecified atom stereocenters. The van der Waals surface area contributed by atoms with Gasteiger partial charge in [-0.05, 0) is 12.1 Å². The Morgan fingerprint density at radius 1 is 1.42 bits per heavy atom. The number of nitrogen functional groups attached to an aromatic ring is 1. The molecule has 0 aliphatic carbocycles. The molecule has 0 amide bonds. The summed E-state index contributed by atoms with van der Waals surface area (Å²) in [4.78, 5) is 20.0. The van der Waals surface area contributed by atoms with Crippen molar-refractivity contribution in [2.45, 2.75) is 0 Å². The third kappa shape index (κ3) is 3.44. The van der Waals surface area contributed by atoms with Crippen molar-refractivity contribution >= 4 is 51.7 Å². The van der Waals surface area contributed by atoms with E-state index >= 15 is 0 Å². The molecule has 8 heteroatoms. The first-order valence-electron chi connectivity index (χ1n) is 4.97. The van der Waals surface area contributed by atoms with Crippen LogP contribution in [0.1, 0.15) is 5.69 Å². The van der Waals surface area contributed by atoms with Crippen molar-refractivity contribution < 1.29 is 9.63 Å². The Morgan fingerprint density at radius 3 is 2.79 bits per heavy atom. The SMILES string of the molecule is Nc1nc(/C(C=O)=N\Oc2ccc(Cl)c(Cl)c2)cs1. The highest BCUT2D eigenvalue weighted by atomic mass is 35.5. The average molecular weight is 316 g/mol. The Morgan fingerprint density at radius 2 is 2.21 bits per heavy atom. The Kier molecular flexibility index (Phi) is 4.36. The molecular formula is C11H7Cl2N3O2S. The smallest absolute Gasteiger partial charge is 0.180 e. The van der Waals surface area contributed by atoms with Crippen LogP contribution in [-0.2, 0) is 4.79 Å². The maximum Gasteiger partial charge on any atom is 0.180 e. The minimum atomic E-state index is 0.0408. The zero-order valence-corrected chi connectivity index (χ0v) is 11.7. The molecule has 5 nitrogen and oxygen atoms in total. The molecule has 1 aromatic heterocycles. The predicted octanol–water partition coefficient (Wildman–Crippen LogP) is 3.01. The zero-order valence-electron chi connectivity index (χ0n) is 9.34. The van der Waals surface area contributed by atoms with E-state index in [0.29, 0.717) is 32.9 Å². The maximum absolute atomic E-state index is 10.9. The number of oxime groups is 1. The van der Waals surface area contributed by atoms with E-state index in [-0.39, 0.29) is 5.71 Å². The fourth-order valence-corrected chi connectivity index (χ4v) is 2.01. The van der Waals surface area contributed by atoms with Gasteiger partial charge in [-0.25, -0.2) is 4.98 Å². The molecule has 0 saturated carbocycles. The van der Waals surface area contributed by atoms with Crippen molar-refractivity contribution in [1.82, 2.24) is 4.98 Å². The second-order valence-corrected chi connectivity index (χ2v) is 5.04. The van der Waals surface area contributed by atoms with Crippen molar-refractivity contribution in [3.63, 3.8) is 0 Å². The maximum atomic E-state index is 10.9. The molecular weight excluding hydrogens is 309 g/mol. The molecule has 2 aromatic rings. The van der Waals surface area contributed by atoms with Gasteiger partial charge in [-0.1, -0.05) is 28.4 Å². The second-order valence-electron chi connectivity index (χ2n) is 3.33. The number of nitrogens with zero attached hydrogens (tertiary/aromatic N) is 2. The number of thiazole rings is 1. The molecule has 2 rings (SSSR count). The van der Waals surface area contributed by atoms with E-state index in [4.69, 9.17) is 33.8 Å². The number of aldehydes is 1. The summed E-state index contributed by atoms with van der Waals surface area (Å²) in [5.74, 6) is 0.358. The van der Waals surface area contributed by atoms with Gasteiger partial charge in [-0.3, -0.25) is 4.79 Å². The van der Waals surface area contributed by atoms with E-state index in [1.165, 1.54) is 17.4 Å². The van der Waals surface area contributed by atoms with Crippen LogP contribution in [0, 0.1) is 0 Å². The molecule has 2 N–H and O–H groups in total. The van der Waals surface area contributed by atoms with E-state index in [9.17, 15) is 4.79 Å². The van der Waals surface area contributed by atoms with Gasteiger partial charge in [0.2, 0.25) is 0 Å².